The van der Waals surface area contributed by atoms with Crippen molar-refractivity contribution in [2.24, 2.45) is 0 Å². The number of hydrogen-bond acceptors (Lipinski definition) is 6. The maximum atomic E-state index is 12.2. The number of nitrogens with one attached hydrogen (secondary N) is 3. The second kappa shape index (κ2) is 9.44. The molecular weight excluding hydrogens is 414 g/mol. The maximum Gasteiger partial charge on any atom is 0.251 e. The van der Waals surface area contributed by atoms with Crippen molar-refractivity contribution in [3.8, 4) is 17.1 Å². The monoisotopic (exact) mass is 431 g/mol. The molecule has 3 N–H and O–H groups in total. The zero-order valence-corrected chi connectivity index (χ0v) is 17.2. The van der Waals surface area contributed by atoms with Crippen LogP contribution >= 0.6 is 23.4 Å². The molecular formula is C19H18ClN5O3S. The van der Waals surface area contributed by atoms with Gasteiger partial charge < -0.3 is 15.4 Å². The molecule has 150 valence electrons. The smallest absolute Gasteiger partial charge is 0.251 e. The molecule has 3 rings (SSSR count). The van der Waals surface area contributed by atoms with Gasteiger partial charge >= 0.3 is 0 Å². The average Bonchev–Trinajstić information content (AvgIpc) is 3.21. The Morgan fingerprint density at radius 1 is 1.24 bits per heavy atom. The number of hydrogen-bond donors (Lipinski definition) is 3. The number of benzene rings is 2. The minimum Gasteiger partial charge on any atom is -0.496 e. The Labute approximate surface area is 176 Å². The highest BCUT2D eigenvalue weighted by Crippen LogP contribution is 2.31. The van der Waals surface area contributed by atoms with E-state index in [0.717, 1.165) is 0 Å². The maximum absolute atomic E-state index is 12.2. The molecule has 29 heavy (non-hydrogen) atoms. The highest BCUT2D eigenvalue weighted by molar-refractivity contribution is 7.99. The molecule has 0 spiro atoms. The third-order valence-corrected chi connectivity index (χ3v) is 4.93. The second-order valence-corrected chi connectivity index (χ2v) is 7.19. The first-order valence-corrected chi connectivity index (χ1v) is 9.87. The fourth-order valence-corrected chi connectivity index (χ4v) is 3.28. The molecule has 0 aliphatic rings. The molecule has 0 aliphatic heterocycles. The molecule has 0 fully saturated rings. The van der Waals surface area contributed by atoms with E-state index in [1.54, 1.807) is 56.6 Å². The summed E-state index contributed by atoms with van der Waals surface area (Å²) in [5, 5.41) is 13.2. The van der Waals surface area contributed by atoms with Crippen LogP contribution in [0.15, 0.2) is 47.6 Å². The minimum absolute atomic E-state index is 0.105. The molecule has 0 unspecified atom stereocenters. The number of H-pyrrole nitrogens is 1. The van der Waals surface area contributed by atoms with Crippen molar-refractivity contribution >= 4 is 40.9 Å². The summed E-state index contributed by atoms with van der Waals surface area (Å²) in [6.45, 7) is 0. The molecule has 3 aromatic rings. The summed E-state index contributed by atoms with van der Waals surface area (Å²) in [4.78, 5) is 28.3. The van der Waals surface area contributed by atoms with E-state index in [4.69, 9.17) is 16.3 Å². The lowest BCUT2D eigenvalue weighted by Crippen LogP contribution is -2.19. The van der Waals surface area contributed by atoms with Gasteiger partial charge in [0.2, 0.25) is 11.1 Å². The predicted molar refractivity (Wildman–Crippen MR) is 113 cm³/mol. The lowest BCUT2D eigenvalue weighted by atomic mass is 10.2. The predicted octanol–water partition coefficient (Wildman–Crippen LogP) is 3.22. The Balaban J connectivity index is 1.62. The van der Waals surface area contributed by atoms with Gasteiger partial charge in [-0.2, -0.15) is 0 Å². The van der Waals surface area contributed by atoms with E-state index in [9.17, 15) is 9.59 Å². The molecule has 0 aliphatic carbocycles. The van der Waals surface area contributed by atoms with Crippen LogP contribution in [0.3, 0.4) is 0 Å². The van der Waals surface area contributed by atoms with Gasteiger partial charge in [-0.3, -0.25) is 14.7 Å². The first kappa shape index (κ1) is 20.7. The van der Waals surface area contributed by atoms with Gasteiger partial charge in [-0.25, -0.2) is 4.98 Å². The first-order valence-electron chi connectivity index (χ1n) is 8.51. The number of methoxy groups -OCH3 is 1. The number of nitrogens with zero attached hydrogens (tertiary/aromatic N) is 2. The van der Waals surface area contributed by atoms with E-state index in [1.807, 2.05) is 0 Å². The number of amides is 2. The number of halogens is 1. The number of carbonyl (C=O) groups is 2. The molecule has 1 heterocycles. The third-order valence-electron chi connectivity index (χ3n) is 3.85. The number of ether oxygens (including phenoxy) is 1. The number of carbonyl (C=O) groups excluding carboxylic acids is 2. The summed E-state index contributed by atoms with van der Waals surface area (Å²) in [5.74, 6) is 0.742. The Kier molecular flexibility index (Phi) is 6.73. The summed E-state index contributed by atoms with van der Waals surface area (Å²) >= 11 is 7.23. The summed E-state index contributed by atoms with van der Waals surface area (Å²) in [7, 11) is 3.11. The van der Waals surface area contributed by atoms with Crippen molar-refractivity contribution in [3.05, 3.63) is 53.1 Å². The van der Waals surface area contributed by atoms with Crippen LogP contribution in [0, 0.1) is 0 Å². The van der Waals surface area contributed by atoms with Crippen molar-refractivity contribution in [3.63, 3.8) is 0 Å². The second-order valence-electron chi connectivity index (χ2n) is 5.81. The van der Waals surface area contributed by atoms with Crippen LogP contribution in [0.1, 0.15) is 10.4 Å². The Morgan fingerprint density at radius 2 is 2.07 bits per heavy atom. The molecule has 2 aromatic carbocycles. The van der Waals surface area contributed by atoms with Crippen molar-refractivity contribution in [2.45, 2.75) is 5.16 Å². The largest absolute Gasteiger partial charge is 0.496 e. The molecule has 2 amide bonds. The van der Waals surface area contributed by atoms with Crippen LogP contribution in [0.25, 0.3) is 11.4 Å². The number of rotatable bonds is 7. The van der Waals surface area contributed by atoms with Crippen LogP contribution in [-0.4, -0.2) is 46.9 Å². The molecule has 0 atom stereocenters. The molecule has 0 saturated heterocycles. The van der Waals surface area contributed by atoms with E-state index in [0.29, 0.717) is 38.6 Å². The summed E-state index contributed by atoms with van der Waals surface area (Å²) in [6, 6.07) is 11.9. The summed E-state index contributed by atoms with van der Waals surface area (Å²) in [6.07, 6.45) is 0. The third kappa shape index (κ3) is 5.27. The molecule has 1 aromatic heterocycles. The topological polar surface area (TPSA) is 109 Å². The van der Waals surface area contributed by atoms with Crippen LogP contribution in [0.5, 0.6) is 5.75 Å². The van der Waals surface area contributed by atoms with E-state index in [-0.39, 0.29) is 17.6 Å². The van der Waals surface area contributed by atoms with Gasteiger partial charge in [0.15, 0.2) is 5.82 Å². The van der Waals surface area contributed by atoms with Crippen molar-refractivity contribution < 1.29 is 14.3 Å². The van der Waals surface area contributed by atoms with Gasteiger partial charge in [-0.15, -0.1) is 5.10 Å². The summed E-state index contributed by atoms with van der Waals surface area (Å²) in [5.41, 5.74) is 1.68. The van der Waals surface area contributed by atoms with Crippen LogP contribution in [0.2, 0.25) is 5.02 Å². The van der Waals surface area contributed by atoms with E-state index in [2.05, 4.69) is 25.8 Å². The van der Waals surface area contributed by atoms with Gasteiger partial charge in [0.25, 0.3) is 5.91 Å². The average molecular weight is 432 g/mol. The van der Waals surface area contributed by atoms with Crippen LogP contribution in [-0.2, 0) is 4.79 Å². The van der Waals surface area contributed by atoms with Crippen molar-refractivity contribution in [2.75, 3.05) is 25.2 Å². The molecule has 0 bridgehead atoms. The Bertz CT molecular complexity index is 1040. The van der Waals surface area contributed by atoms with Crippen LogP contribution < -0.4 is 15.4 Å². The van der Waals surface area contributed by atoms with Crippen LogP contribution in [0.4, 0.5) is 5.69 Å². The number of thioether (sulfide) groups is 1. The molecule has 0 radical (unpaired) electrons. The fraction of sp³-hybridized carbons (Fsp3) is 0.158. The lowest BCUT2D eigenvalue weighted by Gasteiger charge is -2.06. The number of aromatic nitrogens is 3. The molecule has 0 saturated carbocycles. The SMILES string of the molecule is CNC(=O)c1cccc(NC(=O)CSc2n[nH]c(-c3cc(Cl)ccc3OC)n2)c1. The van der Waals surface area contributed by atoms with Crippen molar-refractivity contribution in [1.29, 1.82) is 0 Å². The van der Waals surface area contributed by atoms with Gasteiger partial charge in [0.05, 0.1) is 18.4 Å². The zero-order valence-electron chi connectivity index (χ0n) is 15.7. The zero-order chi connectivity index (χ0) is 20.8. The van der Waals surface area contributed by atoms with E-state index in [1.165, 1.54) is 11.8 Å². The minimum atomic E-state index is -0.240. The van der Waals surface area contributed by atoms with Gasteiger partial charge in [-0.05, 0) is 36.4 Å². The Hall–Kier alpha value is -3.04. The number of anilines is 1. The molecule has 10 heteroatoms. The summed E-state index contributed by atoms with van der Waals surface area (Å²) < 4.78 is 5.32. The fourth-order valence-electron chi connectivity index (χ4n) is 2.51. The van der Waals surface area contributed by atoms with Gasteiger partial charge in [-0.1, -0.05) is 29.4 Å². The molecule has 8 nitrogen and oxygen atoms in total. The Morgan fingerprint density at radius 3 is 2.83 bits per heavy atom. The quantitative estimate of drug-likeness (QED) is 0.495. The van der Waals surface area contributed by atoms with E-state index >= 15 is 0 Å². The first-order chi connectivity index (χ1) is 14.0. The van der Waals surface area contributed by atoms with Gasteiger partial charge in [0, 0.05) is 23.3 Å². The highest BCUT2D eigenvalue weighted by atomic mass is 35.5. The van der Waals surface area contributed by atoms with E-state index < -0.39 is 0 Å². The lowest BCUT2D eigenvalue weighted by molar-refractivity contribution is -0.113. The normalized spacial score (nSPS) is 10.4. The van der Waals surface area contributed by atoms with Crippen molar-refractivity contribution in [1.82, 2.24) is 20.5 Å². The number of aromatic amines is 1. The standard InChI is InChI=1S/C19H18ClN5O3S/c1-21-18(27)11-4-3-5-13(8-11)22-16(26)10-29-19-23-17(24-25-19)14-9-12(20)6-7-15(14)28-2/h3-9H,10H2,1-2H3,(H,21,27)(H,22,26)(H,23,24,25). The van der Waals surface area contributed by atoms with Gasteiger partial charge in [0.1, 0.15) is 5.75 Å². The highest BCUT2D eigenvalue weighted by Gasteiger charge is 2.13.